The van der Waals surface area contributed by atoms with E-state index in [9.17, 15) is 9.59 Å². The van der Waals surface area contributed by atoms with Crippen molar-refractivity contribution < 1.29 is 14.7 Å². The second kappa shape index (κ2) is 6.02. The number of aromatic carboxylic acids is 1. The Balaban J connectivity index is 2.15. The predicted octanol–water partition coefficient (Wildman–Crippen LogP) is 3.45. The zero-order valence-electron chi connectivity index (χ0n) is 9.93. The van der Waals surface area contributed by atoms with Crippen LogP contribution in [-0.4, -0.2) is 22.0 Å². The average molecular weight is 356 g/mol. The zero-order chi connectivity index (χ0) is 14.7. The summed E-state index contributed by atoms with van der Waals surface area (Å²) in [6, 6.07) is 7.62. The summed E-state index contributed by atoms with van der Waals surface area (Å²) >= 11 is 9.11. The minimum Gasteiger partial charge on any atom is -0.478 e. The van der Waals surface area contributed by atoms with E-state index >= 15 is 0 Å². The number of halogens is 2. The van der Waals surface area contributed by atoms with E-state index < -0.39 is 11.9 Å². The van der Waals surface area contributed by atoms with E-state index in [2.05, 4.69) is 26.2 Å². The van der Waals surface area contributed by atoms with Crippen molar-refractivity contribution in [3.63, 3.8) is 0 Å². The third kappa shape index (κ3) is 3.34. The summed E-state index contributed by atoms with van der Waals surface area (Å²) in [5.41, 5.74) is 0.701. The van der Waals surface area contributed by atoms with Crippen LogP contribution in [0.3, 0.4) is 0 Å². The highest BCUT2D eigenvalue weighted by atomic mass is 79.9. The number of hydrogen-bond acceptors (Lipinski definition) is 3. The number of carbonyl (C=O) groups excluding carboxylic acids is 1. The molecule has 0 aliphatic carbocycles. The number of nitrogens with one attached hydrogen (secondary N) is 1. The van der Waals surface area contributed by atoms with Gasteiger partial charge in [0.15, 0.2) is 0 Å². The molecule has 5 nitrogen and oxygen atoms in total. The quantitative estimate of drug-likeness (QED) is 0.884. The van der Waals surface area contributed by atoms with Gasteiger partial charge in [-0.3, -0.25) is 9.78 Å². The number of pyridine rings is 1. The highest BCUT2D eigenvalue weighted by Gasteiger charge is 2.10. The molecular weight excluding hydrogens is 348 g/mol. The molecule has 0 spiro atoms. The van der Waals surface area contributed by atoms with Gasteiger partial charge in [0.05, 0.1) is 10.6 Å². The van der Waals surface area contributed by atoms with Crippen LogP contribution in [0.15, 0.2) is 41.0 Å². The molecular formula is C13H8BrClN2O3. The van der Waals surface area contributed by atoms with E-state index in [1.807, 2.05) is 0 Å². The molecule has 0 radical (unpaired) electrons. The Morgan fingerprint density at radius 3 is 2.55 bits per heavy atom. The lowest BCUT2D eigenvalue weighted by atomic mass is 10.2. The number of benzene rings is 1. The van der Waals surface area contributed by atoms with Crippen molar-refractivity contribution in [2.45, 2.75) is 0 Å². The zero-order valence-corrected chi connectivity index (χ0v) is 12.3. The fraction of sp³-hybridized carbons (Fsp3) is 0. The number of carboxylic acid groups (broad SMARTS) is 1. The molecule has 0 aliphatic rings. The maximum absolute atomic E-state index is 11.9. The van der Waals surface area contributed by atoms with Crippen molar-refractivity contribution in [2.75, 3.05) is 5.32 Å². The van der Waals surface area contributed by atoms with Gasteiger partial charge in [-0.05, 0) is 46.3 Å². The summed E-state index contributed by atoms with van der Waals surface area (Å²) in [6.07, 6.45) is 1.13. The van der Waals surface area contributed by atoms with Gasteiger partial charge in [0.1, 0.15) is 5.69 Å². The van der Waals surface area contributed by atoms with Gasteiger partial charge in [-0.2, -0.15) is 0 Å². The number of nitrogens with zero attached hydrogens (tertiary/aromatic N) is 1. The topological polar surface area (TPSA) is 79.3 Å². The van der Waals surface area contributed by atoms with E-state index in [0.717, 1.165) is 6.20 Å². The van der Waals surface area contributed by atoms with Gasteiger partial charge in [-0.15, -0.1) is 0 Å². The minimum absolute atomic E-state index is 0.0239. The highest BCUT2D eigenvalue weighted by Crippen LogP contribution is 2.25. The molecule has 2 N–H and O–H groups in total. The number of carbonyl (C=O) groups is 2. The summed E-state index contributed by atoms with van der Waals surface area (Å²) in [4.78, 5) is 26.4. The average Bonchev–Trinajstić information content (AvgIpc) is 2.43. The van der Waals surface area contributed by atoms with Gasteiger partial charge >= 0.3 is 5.97 Å². The van der Waals surface area contributed by atoms with E-state index in [0.29, 0.717) is 15.2 Å². The summed E-state index contributed by atoms with van der Waals surface area (Å²) in [5, 5.41) is 11.9. The van der Waals surface area contributed by atoms with Gasteiger partial charge in [0, 0.05) is 16.4 Å². The molecule has 1 amide bonds. The number of anilines is 1. The minimum atomic E-state index is -1.09. The van der Waals surface area contributed by atoms with E-state index in [4.69, 9.17) is 16.7 Å². The SMILES string of the molecule is O=C(O)c1ccc(C(=O)Nc2ccc(Cl)c(Br)c2)nc1. The Bertz CT molecular complexity index is 674. The van der Waals surface area contributed by atoms with Crippen LogP contribution in [0, 0.1) is 0 Å². The highest BCUT2D eigenvalue weighted by molar-refractivity contribution is 9.10. The molecule has 1 aromatic heterocycles. The maximum atomic E-state index is 11.9. The molecule has 0 fully saturated rings. The third-order valence-electron chi connectivity index (χ3n) is 2.42. The largest absolute Gasteiger partial charge is 0.478 e. The summed E-state index contributed by atoms with van der Waals surface area (Å²) in [5.74, 6) is -1.53. The van der Waals surface area contributed by atoms with Gasteiger partial charge in [0.2, 0.25) is 0 Å². The number of aromatic nitrogens is 1. The van der Waals surface area contributed by atoms with Gasteiger partial charge in [0.25, 0.3) is 5.91 Å². The van der Waals surface area contributed by atoms with Crippen molar-refractivity contribution in [3.8, 4) is 0 Å². The Kier molecular flexibility index (Phi) is 4.36. The second-order valence-electron chi connectivity index (χ2n) is 3.82. The van der Waals surface area contributed by atoms with Crippen LogP contribution in [0.25, 0.3) is 0 Å². The molecule has 0 aliphatic heterocycles. The first-order valence-electron chi connectivity index (χ1n) is 5.43. The smallest absolute Gasteiger partial charge is 0.337 e. The monoisotopic (exact) mass is 354 g/mol. The van der Waals surface area contributed by atoms with Crippen LogP contribution in [0.2, 0.25) is 5.02 Å². The Labute approximate surface area is 127 Å². The Morgan fingerprint density at radius 1 is 1.25 bits per heavy atom. The fourth-order valence-electron chi connectivity index (χ4n) is 1.42. The molecule has 0 bridgehead atoms. The molecule has 20 heavy (non-hydrogen) atoms. The molecule has 2 rings (SSSR count). The van der Waals surface area contributed by atoms with Crippen molar-refractivity contribution in [1.82, 2.24) is 4.98 Å². The van der Waals surface area contributed by atoms with Crippen molar-refractivity contribution in [3.05, 3.63) is 57.3 Å². The molecule has 2 aromatic rings. The van der Waals surface area contributed by atoms with Gasteiger partial charge in [-0.25, -0.2) is 4.79 Å². The summed E-state index contributed by atoms with van der Waals surface area (Å²) < 4.78 is 0.658. The first-order valence-corrected chi connectivity index (χ1v) is 6.60. The Morgan fingerprint density at radius 2 is 2.00 bits per heavy atom. The standard InChI is InChI=1S/C13H8BrClN2O3/c14-9-5-8(2-3-10(9)15)17-12(18)11-4-1-7(6-16-11)13(19)20/h1-6H,(H,17,18)(H,19,20). The normalized spacial score (nSPS) is 10.1. The molecule has 0 unspecified atom stereocenters. The van der Waals surface area contributed by atoms with Crippen LogP contribution >= 0.6 is 27.5 Å². The van der Waals surface area contributed by atoms with E-state index in [-0.39, 0.29) is 11.3 Å². The number of amides is 1. The van der Waals surface area contributed by atoms with Gasteiger partial charge in [-0.1, -0.05) is 11.6 Å². The number of rotatable bonds is 3. The van der Waals surface area contributed by atoms with Crippen LogP contribution < -0.4 is 5.32 Å². The molecule has 0 saturated heterocycles. The van der Waals surface area contributed by atoms with Crippen LogP contribution in [-0.2, 0) is 0 Å². The van der Waals surface area contributed by atoms with Crippen molar-refractivity contribution in [1.29, 1.82) is 0 Å². The van der Waals surface area contributed by atoms with E-state index in [1.165, 1.54) is 12.1 Å². The summed E-state index contributed by atoms with van der Waals surface area (Å²) in [6.45, 7) is 0. The first kappa shape index (κ1) is 14.5. The third-order valence-corrected chi connectivity index (χ3v) is 3.63. The van der Waals surface area contributed by atoms with Crippen LogP contribution in [0.5, 0.6) is 0 Å². The van der Waals surface area contributed by atoms with Gasteiger partial charge < -0.3 is 10.4 Å². The molecule has 0 atom stereocenters. The lowest BCUT2D eigenvalue weighted by Crippen LogP contribution is -2.14. The fourth-order valence-corrected chi connectivity index (χ4v) is 1.92. The predicted molar refractivity (Wildman–Crippen MR) is 78.3 cm³/mol. The summed E-state index contributed by atoms with van der Waals surface area (Å²) in [7, 11) is 0. The molecule has 1 heterocycles. The Hall–Kier alpha value is -1.92. The maximum Gasteiger partial charge on any atom is 0.337 e. The molecule has 1 aromatic carbocycles. The lowest BCUT2D eigenvalue weighted by Gasteiger charge is -2.06. The van der Waals surface area contributed by atoms with Crippen LogP contribution in [0.4, 0.5) is 5.69 Å². The second-order valence-corrected chi connectivity index (χ2v) is 5.08. The number of hydrogen-bond donors (Lipinski definition) is 2. The van der Waals surface area contributed by atoms with E-state index in [1.54, 1.807) is 18.2 Å². The first-order chi connectivity index (χ1) is 9.47. The number of carboxylic acids is 1. The molecule has 102 valence electrons. The molecule has 7 heteroatoms. The van der Waals surface area contributed by atoms with Crippen molar-refractivity contribution >= 4 is 45.1 Å². The molecule has 0 saturated carbocycles. The van der Waals surface area contributed by atoms with Crippen molar-refractivity contribution in [2.24, 2.45) is 0 Å². The lowest BCUT2D eigenvalue weighted by molar-refractivity contribution is 0.0696. The van der Waals surface area contributed by atoms with Crippen LogP contribution in [0.1, 0.15) is 20.8 Å².